The largest absolute Gasteiger partial charge is 0.481 e. The van der Waals surface area contributed by atoms with Crippen molar-refractivity contribution in [3.8, 4) is 5.75 Å². The molecule has 0 radical (unpaired) electrons. The van der Waals surface area contributed by atoms with Crippen LogP contribution in [0.15, 0.2) is 77.9 Å². The average Bonchev–Trinajstić information content (AvgIpc) is 2.81. The van der Waals surface area contributed by atoms with Crippen LogP contribution in [-0.2, 0) is 4.79 Å². The molecule has 3 aromatic rings. The number of rotatable bonds is 4. The van der Waals surface area contributed by atoms with Crippen molar-refractivity contribution in [3.63, 3.8) is 0 Å². The standard InChI is InChI=1S/C23H18ClN5O3S/c24-16-8-6-15(7-9-16)13-25-28-22(31)26-18-10-11-19-20(12-18)32-14-21(30)29(19)23(33)27-17-4-2-1-3-5-17/h1-13H,14H2,(H,27,33)(H2,26,28,31)/b25-13+. The predicted octanol–water partition coefficient (Wildman–Crippen LogP) is 4.62. The number of nitrogens with one attached hydrogen (secondary N) is 3. The van der Waals surface area contributed by atoms with E-state index in [1.165, 1.54) is 11.1 Å². The molecule has 33 heavy (non-hydrogen) atoms. The van der Waals surface area contributed by atoms with E-state index in [-0.39, 0.29) is 17.6 Å². The number of urea groups is 1. The molecule has 1 aliphatic heterocycles. The molecule has 10 heteroatoms. The van der Waals surface area contributed by atoms with Gasteiger partial charge >= 0.3 is 6.03 Å². The molecule has 8 nitrogen and oxygen atoms in total. The number of para-hydroxylation sites is 1. The van der Waals surface area contributed by atoms with Gasteiger partial charge in [-0.1, -0.05) is 41.9 Å². The number of amides is 3. The minimum atomic E-state index is -0.537. The van der Waals surface area contributed by atoms with E-state index >= 15 is 0 Å². The number of fused-ring (bicyclic) bond motifs is 1. The highest BCUT2D eigenvalue weighted by molar-refractivity contribution is 7.80. The number of hydrogen-bond acceptors (Lipinski definition) is 5. The molecule has 0 spiro atoms. The minimum absolute atomic E-state index is 0.176. The number of hydrazone groups is 1. The van der Waals surface area contributed by atoms with Crippen LogP contribution in [0.3, 0.4) is 0 Å². The summed E-state index contributed by atoms with van der Waals surface area (Å²) in [6.07, 6.45) is 1.50. The normalized spacial score (nSPS) is 12.6. The van der Waals surface area contributed by atoms with Crippen molar-refractivity contribution < 1.29 is 14.3 Å². The van der Waals surface area contributed by atoms with Crippen LogP contribution in [-0.4, -0.2) is 29.9 Å². The summed E-state index contributed by atoms with van der Waals surface area (Å²) in [5.74, 6) is 0.111. The van der Waals surface area contributed by atoms with Gasteiger partial charge in [0.15, 0.2) is 11.7 Å². The zero-order chi connectivity index (χ0) is 23.2. The first-order valence-electron chi connectivity index (χ1n) is 9.81. The number of anilines is 3. The van der Waals surface area contributed by atoms with E-state index in [4.69, 9.17) is 28.6 Å². The maximum absolute atomic E-state index is 12.5. The van der Waals surface area contributed by atoms with Gasteiger partial charge in [0.25, 0.3) is 5.91 Å². The quantitative estimate of drug-likeness (QED) is 0.288. The first-order chi connectivity index (χ1) is 16.0. The van der Waals surface area contributed by atoms with E-state index < -0.39 is 6.03 Å². The Bertz CT molecular complexity index is 1220. The lowest BCUT2D eigenvalue weighted by Crippen LogP contribution is -2.45. The highest BCUT2D eigenvalue weighted by Gasteiger charge is 2.29. The van der Waals surface area contributed by atoms with Crippen LogP contribution in [0.4, 0.5) is 21.9 Å². The SMILES string of the molecule is O=C(N/N=C/c1ccc(Cl)cc1)Nc1ccc2c(c1)OCC(=O)N2C(=S)Nc1ccccc1. The molecule has 166 valence electrons. The van der Waals surface area contributed by atoms with Crippen molar-refractivity contribution in [2.75, 3.05) is 22.1 Å². The molecule has 3 N–H and O–H groups in total. The summed E-state index contributed by atoms with van der Waals surface area (Å²) in [7, 11) is 0. The molecule has 0 aromatic heterocycles. The van der Waals surface area contributed by atoms with E-state index in [9.17, 15) is 9.59 Å². The Balaban J connectivity index is 1.41. The molecule has 0 atom stereocenters. The third kappa shape index (κ3) is 5.65. The minimum Gasteiger partial charge on any atom is -0.481 e. The number of carbonyl (C=O) groups excluding carboxylic acids is 2. The first kappa shape index (κ1) is 22.3. The van der Waals surface area contributed by atoms with E-state index in [0.29, 0.717) is 22.1 Å². The fourth-order valence-electron chi connectivity index (χ4n) is 3.03. The van der Waals surface area contributed by atoms with Gasteiger partial charge in [0.05, 0.1) is 11.9 Å². The van der Waals surface area contributed by atoms with Gasteiger partial charge in [-0.3, -0.25) is 9.69 Å². The molecule has 0 fully saturated rings. The summed E-state index contributed by atoms with van der Waals surface area (Å²) < 4.78 is 5.55. The number of thiocarbonyl (C=S) groups is 1. The fourth-order valence-corrected chi connectivity index (χ4v) is 3.47. The van der Waals surface area contributed by atoms with Crippen molar-refractivity contribution in [2.45, 2.75) is 0 Å². The lowest BCUT2D eigenvalue weighted by molar-refractivity contribution is -0.120. The lowest BCUT2D eigenvalue weighted by Gasteiger charge is -2.30. The van der Waals surface area contributed by atoms with Crippen molar-refractivity contribution >= 4 is 64.1 Å². The Morgan fingerprint density at radius 3 is 2.55 bits per heavy atom. The molecule has 0 unspecified atom stereocenters. The molecule has 0 saturated carbocycles. The summed E-state index contributed by atoms with van der Waals surface area (Å²) in [5.41, 5.74) is 4.87. The van der Waals surface area contributed by atoms with Crippen molar-refractivity contribution in [1.82, 2.24) is 5.43 Å². The second kappa shape index (κ2) is 10.1. The van der Waals surface area contributed by atoms with E-state index in [1.807, 2.05) is 30.3 Å². The van der Waals surface area contributed by atoms with Crippen LogP contribution in [0.25, 0.3) is 0 Å². The van der Waals surface area contributed by atoms with Crippen LogP contribution in [0.5, 0.6) is 5.75 Å². The Labute approximate surface area is 200 Å². The zero-order valence-electron chi connectivity index (χ0n) is 17.1. The monoisotopic (exact) mass is 479 g/mol. The Morgan fingerprint density at radius 2 is 1.79 bits per heavy atom. The number of ether oxygens (including phenoxy) is 1. The average molecular weight is 480 g/mol. The molecule has 1 heterocycles. The van der Waals surface area contributed by atoms with Gasteiger partial charge in [0.1, 0.15) is 5.75 Å². The maximum Gasteiger partial charge on any atom is 0.339 e. The molecular formula is C23H18ClN5O3S. The second-order valence-corrected chi connectivity index (χ2v) is 7.70. The summed E-state index contributed by atoms with van der Waals surface area (Å²) in [6.45, 7) is -0.176. The van der Waals surface area contributed by atoms with Gasteiger partial charge in [-0.25, -0.2) is 10.2 Å². The number of halogens is 1. The highest BCUT2D eigenvalue weighted by Crippen LogP contribution is 2.35. The lowest BCUT2D eigenvalue weighted by atomic mass is 10.2. The van der Waals surface area contributed by atoms with Gasteiger partial charge in [-0.05, 0) is 54.2 Å². The van der Waals surface area contributed by atoms with Gasteiger partial charge in [0, 0.05) is 22.5 Å². The van der Waals surface area contributed by atoms with Gasteiger partial charge in [-0.2, -0.15) is 5.10 Å². The van der Waals surface area contributed by atoms with E-state index in [0.717, 1.165) is 11.3 Å². The smallest absolute Gasteiger partial charge is 0.339 e. The van der Waals surface area contributed by atoms with Crippen LogP contribution in [0, 0.1) is 0 Å². The van der Waals surface area contributed by atoms with Crippen LogP contribution >= 0.6 is 23.8 Å². The number of nitrogens with zero attached hydrogens (tertiary/aromatic N) is 2. The summed E-state index contributed by atoms with van der Waals surface area (Å²) in [6, 6.07) is 20.7. The van der Waals surface area contributed by atoms with E-state index in [2.05, 4.69) is 21.2 Å². The molecule has 4 rings (SSSR count). The second-order valence-electron chi connectivity index (χ2n) is 6.87. The highest BCUT2D eigenvalue weighted by atomic mass is 35.5. The van der Waals surface area contributed by atoms with Crippen molar-refractivity contribution in [2.24, 2.45) is 5.10 Å². The fraction of sp³-hybridized carbons (Fsp3) is 0.0435. The van der Waals surface area contributed by atoms with Gasteiger partial charge < -0.3 is 15.4 Å². The predicted molar refractivity (Wildman–Crippen MR) is 133 cm³/mol. The Hall–Kier alpha value is -3.95. The van der Waals surface area contributed by atoms with Crippen LogP contribution in [0.2, 0.25) is 5.02 Å². The zero-order valence-corrected chi connectivity index (χ0v) is 18.7. The number of carbonyl (C=O) groups is 2. The molecule has 0 bridgehead atoms. The van der Waals surface area contributed by atoms with Gasteiger partial charge in [-0.15, -0.1) is 0 Å². The summed E-state index contributed by atoms with van der Waals surface area (Å²) >= 11 is 11.3. The number of hydrogen-bond donors (Lipinski definition) is 3. The molecule has 3 amide bonds. The molecular weight excluding hydrogens is 462 g/mol. The molecule has 3 aromatic carbocycles. The summed E-state index contributed by atoms with van der Waals surface area (Å²) in [5, 5.41) is 10.5. The molecule has 0 aliphatic carbocycles. The Kier molecular flexibility index (Phi) is 6.82. The van der Waals surface area contributed by atoms with Crippen LogP contribution < -0.4 is 25.7 Å². The third-order valence-electron chi connectivity index (χ3n) is 4.54. The molecule has 1 aliphatic rings. The van der Waals surface area contributed by atoms with Crippen molar-refractivity contribution in [1.29, 1.82) is 0 Å². The van der Waals surface area contributed by atoms with Crippen LogP contribution in [0.1, 0.15) is 5.56 Å². The maximum atomic E-state index is 12.5. The molecule has 0 saturated heterocycles. The van der Waals surface area contributed by atoms with Crippen molar-refractivity contribution in [3.05, 3.63) is 83.4 Å². The van der Waals surface area contributed by atoms with Gasteiger partial charge in [0.2, 0.25) is 0 Å². The number of benzene rings is 3. The Morgan fingerprint density at radius 1 is 1.03 bits per heavy atom. The van der Waals surface area contributed by atoms with E-state index in [1.54, 1.807) is 42.5 Å². The first-order valence-corrected chi connectivity index (χ1v) is 10.6. The third-order valence-corrected chi connectivity index (χ3v) is 5.07. The summed E-state index contributed by atoms with van der Waals surface area (Å²) in [4.78, 5) is 26.0. The topological polar surface area (TPSA) is 95.1 Å².